The molecular formula is C10H8ClFN2. The summed E-state index contributed by atoms with van der Waals surface area (Å²) >= 11 is 5.83. The number of aromatic nitrogens is 1. The molecule has 72 valence electrons. The molecule has 0 amide bonds. The van der Waals surface area contributed by atoms with Crippen LogP contribution in [0, 0.1) is 12.7 Å². The van der Waals surface area contributed by atoms with Crippen molar-refractivity contribution in [3.63, 3.8) is 0 Å². The van der Waals surface area contributed by atoms with E-state index in [1.807, 2.05) is 6.92 Å². The van der Waals surface area contributed by atoms with Gasteiger partial charge in [-0.05, 0) is 30.7 Å². The van der Waals surface area contributed by atoms with Gasteiger partial charge in [-0.1, -0.05) is 11.6 Å². The van der Waals surface area contributed by atoms with Crippen molar-refractivity contribution in [2.45, 2.75) is 6.92 Å². The maximum Gasteiger partial charge on any atom is 0.127 e. The van der Waals surface area contributed by atoms with Gasteiger partial charge in [0.25, 0.3) is 0 Å². The van der Waals surface area contributed by atoms with Crippen LogP contribution in [0.4, 0.5) is 10.2 Å². The van der Waals surface area contributed by atoms with E-state index in [1.165, 1.54) is 12.1 Å². The van der Waals surface area contributed by atoms with Crippen molar-refractivity contribution in [2.24, 2.45) is 0 Å². The molecule has 0 aliphatic rings. The smallest absolute Gasteiger partial charge is 0.127 e. The van der Waals surface area contributed by atoms with E-state index in [0.717, 1.165) is 5.56 Å². The number of nitrogens with two attached hydrogens (primary N) is 1. The minimum atomic E-state index is -0.367. The number of anilines is 1. The molecule has 0 saturated carbocycles. The van der Waals surface area contributed by atoms with E-state index in [2.05, 4.69) is 4.98 Å². The second kappa shape index (κ2) is 3.10. The second-order valence-corrected chi connectivity index (χ2v) is 3.56. The van der Waals surface area contributed by atoms with E-state index in [4.69, 9.17) is 17.3 Å². The van der Waals surface area contributed by atoms with Gasteiger partial charge in [0.15, 0.2) is 0 Å². The number of pyridine rings is 1. The highest BCUT2D eigenvalue weighted by Crippen LogP contribution is 2.25. The second-order valence-electron chi connectivity index (χ2n) is 3.15. The minimum Gasteiger partial charge on any atom is -0.383 e. The molecule has 0 radical (unpaired) electrons. The zero-order valence-corrected chi connectivity index (χ0v) is 8.27. The highest BCUT2D eigenvalue weighted by atomic mass is 35.5. The fourth-order valence-corrected chi connectivity index (χ4v) is 1.59. The quantitative estimate of drug-likeness (QED) is 0.726. The van der Waals surface area contributed by atoms with Gasteiger partial charge in [-0.25, -0.2) is 9.37 Å². The molecule has 0 atom stereocenters. The van der Waals surface area contributed by atoms with Crippen LogP contribution in [0.5, 0.6) is 0 Å². The summed E-state index contributed by atoms with van der Waals surface area (Å²) in [4.78, 5) is 4.10. The predicted molar refractivity (Wildman–Crippen MR) is 55.9 cm³/mol. The molecule has 0 bridgehead atoms. The van der Waals surface area contributed by atoms with Crippen molar-refractivity contribution in [3.8, 4) is 0 Å². The molecular weight excluding hydrogens is 203 g/mol. The third kappa shape index (κ3) is 1.40. The van der Waals surface area contributed by atoms with Crippen LogP contribution in [-0.4, -0.2) is 4.98 Å². The van der Waals surface area contributed by atoms with Gasteiger partial charge in [-0.3, -0.25) is 0 Å². The van der Waals surface area contributed by atoms with Gasteiger partial charge >= 0.3 is 0 Å². The van der Waals surface area contributed by atoms with Gasteiger partial charge in [0, 0.05) is 5.39 Å². The average molecular weight is 211 g/mol. The fourth-order valence-electron chi connectivity index (χ4n) is 1.33. The zero-order valence-electron chi connectivity index (χ0n) is 7.51. The largest absolute Gasteiger partial charge is 0.383 e. The first-order valence-electron chi connectivity index (χ1n) is 4.10. The van der Waals surface area contributed by atoms with E-state index in [-0.39, 0.29) is 10.8 Å². The van der Waals surface area contributed by atoms with E-state index in [9.17, 15) is 4.39 Å². The van der Waals surface area contributed by atoms with E-state index >= 15 is 0 Å². The molecule has 0 unspecified atom stereocenters. The molecule has 0 aliphatic carbocycles. The van der Waals surface area contributed by atoms with Gasteiger partial charge < -0.3 is 5.73 Å². The summed E-state index contributed by atoms with van der Waals surface area (Å²) in [7, 11) is 0. The zero-order chi connectivity index (χ0) is 10.3. The van der Waals surface area contributed by atoms with Crippen molar-refractivity contribution in [3.05, 3.63) is 34.6 Å². The predicted octanol–water partition coefficient (Wildman–Crippen LogP) is 2.92. The maximum absolute atomic E-state index is 13.0. The van der Waals surface area contributed by atoms with E-state index in [1.54, 1.807) is 6.07 Å². The lowest BCUT2D eigenvalue weighted by Crippen LogP contribution is -1.95. The molecule has 2 aromatic rings. The highest BCUT2D eigenvalue weighted by Gasteiger charge is 2.06. The van der Waals surface area contributed by atoms with Crippen molar-refractivity contribution in [1.29, 1.82) is 0 Å². The third-order valence-electron chi connectivity index (χ3n) is 2.07. The molecule has 14 heavy (non-hydrogen) atoms. The number of hydrogen-bond acceptors (Lipinski definition) is 2. The Morgan fingerprint density at radius 1 is 1.36 bits per heavy atom. The summed E-state index contributed by atoms with van der Waals surface area (Å²) in [6.45, 7) is 1.82. The van der Waals surface area contributed by atoms with Crippen LogP contribution in [0.1, 0.15) is 5.56 Å². The topological polar surface area (TPSA) is 38.9 Å². The van der Waals surface area contributed by atoms with Crippen LogP contribution in [0.25, 0.3) is 10.9 Å². The number of rotatable bonds is 0. The minimum absolute atomic E-state index is 0.284. The lowest BCUT2D eigenvalue weighted by molar-refractivity contribution is 0.629. The number of benzene rings is 1. The Labute approximate surface area is 85.5 Å². The Hall–Kier alpha value is -1.35. The molecule has 0 spiro atoms. The Kier molecular flexibility index (Phi) is 2.04. The summed E-state index contributed by atoms with van der Waals surface area (Å²) in [5.74, 6) is 0.0551. The van der Waals surface area contributed by atoms with E-state index in [0.29, 0.717) is 16.7 Å². The molecule has 0 fully saturated rings. The van der Waals surface area contributed by atoms with Crippen LogP contribution in [0.3, 0.4) is 0 Å². The number of hydrogen-bond donors (Lipinski definition) is 1. The SMILES string of the molecule is Cc1cc2cc(F)cc(Cl)c2nc1N. The number of nitrogens with zero attached hydrogens (tertiary/aromatic N) is 1. The van der Waals surface area contributed by atoms with Crippen LogP contribution >= 0.6 is 11.6 Å². The molecule has 0 saturated heterocycles. The number of aryl methyl sites for hydroxylation is 1. The normalized spacial score (nSPS) is 10.8. The molecule has 1 aromatic carbocycles. The van der Waals surface area contributed by atoms with Crippen LogP contribution in [0.2, 0.25) is 5.02 Å². The maximum atomic E-state index is 13.0. The summed E-state index contributed by atoms with van der Waals surface area (Å²) in [5.41, 5.74) is 6.99. The van der Waals surface area contributed by atoms with Crippen molar-refractivity contribution in [1.82, 2.24) is 4.98 Å². The lowest BCUT2D eigenvalue weighted by atomic mass is 10.1. The lowest BCUT2D eigenvalue weighted by Gasteiger charge is -2.04. The van der Waals surface area contributed by atoms with Crippen molar-refractivity contribution < 1.29 is 4.39 Å². The van der Waals surface area contributed by atoms with Crippen LogP contribution < -0.4 is 5.73 Å². The Balaban J connectivity index is 2.89. The first kappa shape index (κ1) is 9.21. The third-order valence-corrected chi connectivity index (χ3v) is 2.35. The summed E-state index contributed by atoms with van der Waals surface area (Å²) in [6.07, 6.45) is 0. The van der Waals surface area contributed by atoms with Crippen LogP contribution in [0.15, 0.2) is 18.2 Å². The van der Waals surface area contributed by atoms with Gasteiger partial charge in [-0.2, -0.15) is 0 Å². The number of halogens is 2. The first-order chi connectivity index (χ1) is 6.58. The molecule has 2 nitrogen and oxygen atoms in total. The first-order valence-corrected chi connectivity index (χ1v) is 4.47. The Morgan fingerprint density at radius 2 is 2.07 bits per heavy atom. The summed E-state index contributed by atoms with van der Waals surface area (Å²) in [5, 5.41) is 0.952. The standard InChI is InChI=1S/C10H8ClFN2/c1-5-2-6-3-7(12)4-8(11)9(6)14-10(5)13/h2-4H,1H3,(H2,13,14). The van der Waals surface area contributed by atoms with Crippen LogP contribution in [-0.2, 0) is 0 Å². The van der Waals surface area contributed by atoms with Gasteiger partial charge in [0.2, 0.25) is 0 Å². The van der Waals surface area contributed by atoms with E-state index < -0.39 is 0 Å². The molecule has 4 heteroatoms. The molecule has 1 heterocycles. The average Bonchev–Trinajstić information content (AvgIpc) is 2.08. The molecule has 2 N–H and O–H groups in total. The van der Waals surface area contributed by atoms with Gasteiger partial charge in [-0.15, -0.1) is 0 Å². The summed E-state index contributed by atoms with van der Waals surface area (Å²) < 4.78 is 13.0. The fraction of sp³-hybridized carbons (Fsp3) is 0.100. The summed E-state index contributed by atoms with van der Waals surface area (Å²) in [6, 6.07) is 4.39. The highest BCUT2D eigenvalue weighted by molar-refractivity contribution is 6.35. The number of fused-ring (bicyclic) bond motifs is 1. The monoisotopic (exact) mass is 210 g/mol. The van der Waals surface area contributed by atoms with Crippen molar-refractivity contribution in [2.75, 3.05) is 5.73 Å². The molecule has 1 aromatic heterocycles. The molecule has 0 aliphatic heterocycles. The number of nitrogen functional groups attached to an aromatic ring is 1. The van der Waals surface area contributed by atoms with Crippen molar-refractivity contribution >= 4 is 28.3 Å². The Bertz CT molecular complexity index is 511. The Morgan fingerprint density at radius 3 is 2.79 bits per heavy atom. The van der Waals surface area contributed by atoms with Gasteiger partial charge in [0.05, 0.1) is 10.5 Å². The van der Waals surface area contributed by atoms with Gasteiger partial charge in [0.1, 0.15) is 11.6 Å². The molecule has 2 rings (SSSR count).